The number of amides is 1. The molecule has 0 spiro atoms. The minimum absolute atomic E-state index is 0.0384. The molecule has 1 atom stereocenters. The first-order chi connectivity index (χ1) is 9.56. The van der Waals surface area contributed by atoms with E-state index in [0.29, 0.717) is 5.69 Å². The van der Waals surface area contributed by atoms with E-state index in [1.807, 2.05) is 0 Å². The summed E-state index contributed by atoms with van der Waals surface area (Å²) in [5.74, 6) is -0.975. The predicted molar refractivity (Wildman–Crippen MR) is 70.4 cm³/mol. The lowest BCUT2D eigenvalue weighted by molar-refractivity contribution is -0.129. The molecule has 5 nitrogen and oxygen atoms in total. The average Bonchev–Trinajstić information content (AvgIpc) is 2.82. The number of carbonyl (C=O) groups excluding carboxylic acids is 1. The van der Waals surface area contributed by atoms with Crippen LogP contribution < -0.4 is 10.1 Å². The monoisotopic (exact) mass is 319 g/mol. The molecule has 9 heteroatoms. The molecular weight excluding hydrogens is 312 g/mol. The molecule has 0 fully saturated rings. The number of nitrogens with zero attached hydrogens (tertiary/aromatic N) is 2. The van der Waals surface area contributed by atoms with Crippen LogP contribution in [-0.2, 0) is 4.79 Å². The minimum atomic E-state index is -3.01. The van der Waals surface area contributed by atoms with Crippen LogP contribution in [0.1, 0.15) is 0 Å². The molecule has 0 aliphatic heterocycles. The first-order valence-electron chi connectivity index (χ1n) is 5.36. The van der Waals surface area contributed by atoms with Crippen LogP contribution in [0.2, 0.25) is 4.47 Å². The van der Waals surface area contributed by atoms with Crippen LogP contribution in [0, 0.1) is 0 Å². The SMILES string of the molecule is O=C(Nc1ccccc1)C(Oc1nnc(Cl)s1)C(F)F. The molecule has 0 aliphatic rings. The van der Waals surface area contributed by atoms with Crippen molar-refractivity contribution in [1.82, 2.24) is 10.2 Å². The topological polar surface area (TPSA) is 64.1 Å². The van der Waals surface area contributed by atoms with Crippen molar-refractivity contribution >= 4 is 34.5 Å². The quantitative estimate of drug-likeness (QED) is 0.920. The molecule has 0 saturated heterocycles. The van der Waals surface area contributed by atoms with E-state index in [0.717, 1.165) is 11.3 Å². The van der Waals surface area contributed by atoms with Crippen molar-refractivity contribution in [2.45, 2.75) is 12.5 Å². The van der Waals surface area contributed by atoms with Gasteiger partial charge in [0.25, 0.3) is 17.5 Å². The highest BCUT2D eigenvalue weighted by atomic mass is 35.5. The fourth-order valence-electron chi connectivity index (χ4n) is 1.30. The Kier molecular flexibility index (Phi) is 4.80. The van der Waals surface area contributed by atoms with Crippen molar-refractivity contribution < 1.29 is 18.3 Å². The van der Waals surface area contributed by atoms with Gasteiger partial charge < -0.3 is 10.1 Å². The van der Waals surface area contributed by atoms with Crippen LogP contribution in [-0.4, -0.2) is 28.6 Å². The summed E-state index contributed by atoms with van der Waals surface area (Å²) in [6.45, 7) is 0. The second-order valence-electron chi connectivity index (χ2n) is 3.55. The number of hydrogen-bond donors (Lipinski definition) is 1. The summed E-state index contributed by atoms with van der Waals surface area (Å²) < 4.78 is 30.6. The van der Waals surface area contributed by atoms with Gasteiger partial charge in [0.05, 0.1) is 0 Å². The molecule has 1 aromatic carbocycles. The predicted octanol–water partition coefficient (Wildman–Crippen LogP) is 2.84. The first-order valence-corrected chi connectivity index (χ1v) is 6.55. The standard InChI is InChI=1S/C11H8ClF2N3O2S/c12-10-16-17-11(20-10)19-7(8(13)14)9(18)15-6-4-2-1-3-5-6/h1-5,7-8H,(H,15,18). The highest BCUT2D eigenvalue weighted by molar-refractivity contribution is 7.17. The molecule has 0 bridgehead atoms. The second-order valence-corrected chi connectivity index (χ2v) is 5.07. The van der Waals surface area contributed by atoms with Crippen molar-refractivity contribution in [1.29, 1.82) is 0 Å². The van der Waals surface area contributed by atoms with Crippen LogP contribution in [0.25, 0.3) is 0 Å². The largest absolute Gasteiger partial charge is 0.449 e. The Morgan fingerprint density at radius 1 is 1.30 bits per heavy atom. The maximum absolute atomic E-state index is 12.9. The first kappa shape index (κ1) is 14.6. The average molecular weight is 320 g/mol. The van der Waals surface area contributed by atoms with Crippen LogP contribution in [0.3, 0.4) is 0 Å². The summed E-state index contributed by atoms with van der Waals surface area (Å²) in [4.78, 5) is 11.8. The molecule has 2 rings (SSSR count). The third kappa shape index (κ3) is 3.84. The van der Waals surface area contributed by atoms with Crippen molar-refractivity contribution in [2.24, 2.45) is 0 Å². The van der Waals surface area contributed by atoms with Crippen LogP contribution in [0.15, 0.2) is 30.3 Å². The van der Waals surface area contributed by atoms with E-state index < -0.39 is 18.4 Å². The van der Waals surface area contributed by atoms with Crippen LogP contribution >= 0.6 is 22.9 Å². The van der Waals surface area contributed by atoms with Gasteiger partial charge in [-0.3, -0.25) is 4.79 Å². The number of para-hydroxylation sites is 1. The van der Waals surface area contributed by atoms with Gasteiger partial charge in [-0.05, 0) is 35.1 Å². The van der Waals surface area contributed by atoms with Gasteiger partial charge in [-0.1, -0.05) is 23.3 Å². The Bertz CT molecular complexity index is 582. The molecule has 0 aliphatic carbocycles. The molecule has 1 N–H and O–H groups in total. The molecule has 1 heterocycles. The van der Waals surface area contributed by atoms with E-state index in [1.54, 1.807) is 30.3 Å². The maximum Gasteiger partial charge on any atom is 0.296 e. The van der Waals surface area contributed by atoms with Gasteiger partial charge in [0.1, 0.15) is 0 Å². The highest BCUT2D eigenvalue weighted by Gasteiger charge is 2.31. The van der Waals surface area contributed by atoms with E-state index in [9.17, 15) is 13.6 Å². The number of carbonyl (C=O) groups is 1. The number of aromatic nitrogens is 2. The molecule has 106 valence electrons. The zero-order valence-corrected chi connectivity index (χ0v) is 11.4. The van der Waals surface area contributed by atoms with Gasteiger partial charge in [0.2, 0.25) is 10.6 Å². The number of hydrogen-bond acceptors (Lipinski definition) is 5. The van der Waals surface area contributed by atoms with Crippen molar-refractivity contribution in [3.05, 3.63) is 34.8 Å². The summed E-state index contributed by atoms with van der Waals surface area (Å²) in [5, 5.41) is 8.97. The number of ether oxygens (including phenoxy) is 1. The Hall–Kier alpha value is -1.80. The molecule has 1 aromatic heterocycles. The number of anilines is 1. The van der Waals surface area contributed by atoms with E-state index >= 15 is 0 Å². The number of rotatable bonds is 5. The van der Waals surface area contributed by atoms with Crippen molar-refractivity contribution in [3.8, 4) is 5.19 Å². The van der Waals surface area contributed by atoms with E-state index in [4.69, 9.17) is 16.3 Å². The summed E-state index contributed by atoms with van der Waals surface area (Å²) in [6.07, 6.45) is -5.00. The van der Waals surface area contributed by atoms with E-state index in [-0.39, 0.29) is 9.66 Å². The summed E-state index contributed by atoms with van der Waals surface area (Å²) >= 11 is 6.27. The van der Waals surface area contributed by atoms with Gasteiger partial charge in [0, 0.05) is 5.69 Å². The summed E-state index contributed by atoms with van der Waals surface area (Å²) in [7, 11) is 0. The molecule has 0 saturated carbocycles. The Balaban J connectivity index is 2.06. The van der Waals surface area contributed by atoms with Crippen molar-refractivity contribution in [3.63, 3.8) is 0 Å². The molecule has 1 amide bonds. The maximum atomic E-state index is 12.9. The van der Waals surface area contributed by atoms with Crippen LogP contribution in [0.5, 0.6) is 5.19 Å². The number of alkyl halides is 2. The number of nitrogens with one attached hydrogen (secondary N) is 1. The van der Waals surface area contributed by atoms with Gasteiger partial charge in [-0.2, -0.15) is 0 Å². The van der Waals surface area contributed by atoms with Crippen molar-refractivity contribution in [2.75, 3.05) is 5.32 Å². The smallest absolute Gasteiger partial charge is 0.296 e. The van der Waals surface area contributed by atoms with E-state index in [2.05, 4.69) is 15.5 Å². The minimum Gasteiger partial charge on any atom is -0.449 e. The normalized spacial score (nSPS) is 12.2. The fraction of sp³-hybridized carbons (Fsp3) is 0.182. The molecule has 1 unspecified atom stereocenters. The van der Waals surface area contributed by atoms with Crippen LogP contribution in [0.4, 0.5) is 14.5 Å². The lowest BCUT2D eigenvalue weighted by Gasteiger charge is -2.15. The summed E-state index contributed by atoms with van der Waals surface area (Å²) in [6, 6.07) is 8.21. The lowest BCUT2D eigenvalue weighted by atomic mass is 10.3. The molecule has 2 aromatic rings. The van der Waals surface area contributed by atoms with E-state index in [1.165, 1.54) is 0 Å². The third-order valence-corrected chi connectivity index (χ3v) is 3.05. The fourth-order valence-corrected chi connectivity index (χ4v) is 2.00. The Morgan fingerprint density at radius 2 is 2.00 bits per heavy atom. The third-order valence-electron chi connectivity index (χ3n) is 2.14. The lowest BCUT2D eigenvalue weighted by Crippen LogP contribution is -2.38. The number of halogens is 3. The Labute approximate surface area is 121 Å². The van der Waals surface area contributed by atoms with Gasteiger partial charge in [-0.25, -0.2) is 8.78 Å². The number of benzene rings is 1. The van der Waals surface area contributed by atoms with Gasteiger partial charge >= 0.3 is 0 Å². The molecular formula is C11H8ClF2N3O2S. The Morgan fingerprint density at radius 3 is 2.55 bits per heavy atom. The molecule has 0 radical (unpaired) electrons. The van der Waals surface area contributed by atoms with Gasteiger partial charge in [-0.15, -0.1) is 5.10 Å². The highest BCUT2D eigenvalue weighted by Crippen LogP contribution is 2.24. The zero-order chi connectivity index (χ0) is 14.5. The van der Waals surface area contributed by atoms with Gasteiger partial charge in [0.15, 0.2) is 0 Å². The summed E-state index contributed by atoms with van der Waals surface area (Å²) in [5.41, 5.74) is 0.391. The second kappa shape index (κ2) is 6.58. The molecule has 20 heavy (non-hydrogen) atoms. The zero-order valence-electron chi connectivity index (χ0n) is 9.79.